The molecule has 0 spiro atoms. The first-order valence-electron chi connectivity index (χ1n) is 4.28. The fourth-order valence-corrected chi connectivity index (χ4v) is 0.854. The largest absolute Gasteiger partial charge is 0.399 e. The molecule has 1 heterocycles. The molecule has 1 fully saturated rings. The van der Waals surface area contributed by atoms with E-state index in [4.69, 9.17) is 8.85 Å². The zero-order valence-electron chi connectivity index (χ0n) is 7.56. The third kappa shape index (κ3) is 10.1. The van der Waals surface area contributed by atoms with Gasteiger partial charge in [0.05, 0.1) is 0 Å². The Bertz CT molecular complexity index is 61.5. The SMILES string of the molecule is C1CNC1.CCO[SiH2]OCC. The molecule has 0 radical (unpaired) electrons. The first kappa shape index (κ1) is 11.1. The summed E-state index contributed by atoms with van der Waals surface area (Å²) < 4.78 is 9.98. The van der Waals surface area contributed by atoms with Gasteiger partial charge in [0.15, 0.2) is 0 Å². The van der Waals surface area contributed by atoms with Gasteiger partial charge in [-0.25, -0.2) is 0 Å². The summed E-state index contributed by atoms with van der Waals surface area (Å²) in [4.78, 5) is 0. The van der Waals surface area contributed by atoms with Crippen LogP contribution in [0.4, 0.5) is 0 Å². The van der Waals surface area contributed by atoms with Crippen molar-refractivity contribution in [2.75, 3.05) is 26.3 Å². The molecule has 11 heavy (non-hydrogen) atoms. The van der Waals surface area contributed by atoms with Gasteiger partial charge in [-0.05, 0) is 33.4 Å². The van der Waals surface area contributed by atoms with Crippen molar-refractivity contribution < 1.29 is 8.85 Å². The highest BCUT2D eigenvalue weighted by Gasteiger charge is 1.92. The Hall–Kier alpha value is 0.0969. The number of hydrogen-bond donors (Lipinski definition) is 1. The molecule has 68 valence electrons. The van der Waals surface area contributed by atoms with E-state index in [1.165, 1.54) is 19.5 Å². The van der Waals surface area contributed by atoms with Gasteiger partial charge < -0.3 is 14.2 Å². The lowest BCUT2D eigenvalue weighted by atomic mass is 10.3. The maximum Gasteiger partial charge on any atom is 0.304 e. The van der Waals surface area contributed by atoms with Crippen LogP contribution in [0.15, 0.2) is 0 Å². The number of hydrogen-bond acceptors (Lipinski definition) is 3. The molecule has 0 amide bonds. The fraction of sp³-hybridized carbons (Fsp3) is 1.00. The van der Waals surface area contributed by atoms with Crippen LogP contribution in [0.5, 0.6) is 0 Å². The van der Waals surface area contributed by atoms with Crippen molar-refractivity contribution in [1.82, 2.24) is 5.32 Å². The predicted molar refractivity (Wildman–Crippen MR) is 49.3 cm³/mol. The minimum absolute atomic E-state index is 0.589. The summed E-state index contributed by atoms with van der Waals surface area (Å²) in [5.41, 5.74) is 0. The molecule has 1 aliphatic rings. The van der Waals surface area contributed by atoms with E-state index in [9.17, 15) is 0 Å². The van der Waals surface area contributed by atoms with E-state index in [-0.39, 0.29) is 0 Å². The molecular formula is C7H19NO2Si. The van der Waals surface area contributed by atoms with Crippen LogP contribution < -0.4 is 5.32 Å². The third-order valence-electron chi connectivity index (χ3n) is 1.28. The summed E-state index contributed by atoms with van der Waals surface area (Å²) in [7, 11) is -0.589. The van der Waals surface area contributed by atoms with E-state index < -0.39 is 10.0 Å². The molecule has 1 saturated heterocycles. The highest BCUT2D eigenvalue weighted by Crippen LogP contribution is 1.80. The molecule has 0 aromatic carbocycles. The van der Waals surface area contributed by atoms with Gasteiger partial charge in [-0.3, -0.25) is 0 Å². The molecule has 0 atom stereocenters. The van der Waals surface area contributed by atoms with Gasteiger partial charge in [0.1, 0.15) is 0 Å². The second-order valence-corrected chi connectivity index (χ2v) is 3.26. The summed E-state index contributed by atoms with van der Waals surface area (Å²) >= 11 is 0. The molecule has 1 N–H and O–H groups in total. The standard InChI is InChI=1S/C4H12O2Si.C3H7N/c1-3-5-7-6-4-2;1-2-4-3-1/h3-4,7H2,1-2H3;4H,1-3H2. The Morgan fingerprint density at radius 1 is 1.18 bits per heavy atom. The smallest absolute Gasteiger partial charge is 0.304 e. The minimum Gasteiger partial charge on any atom is -0.399 e. The van der Waals surface area contributed by atoms with Gasteiger partial charge >= 0.3 is 10.0 Å². The molecule has 4 heteroatoms. The molecule has 0 saturated carbocycles. The van der Waals surface area contributed by atoms with E-state index in [1.54, 1.807) is 0 Å². The number of nitrogens with one attached hydrogen (secondary N) is 1. The summed E-state index contributed by atoms with van der Waals surface area (Å²) in [5.74, 6) is 0. The summed E-state index contributed by atoms with van der Waals surface area (Å²) in [6.07, 6.45) is 1.39. The zero-order valence-corrected chi connectivity index (χ0v) is 8.97. The van der Waals surface area contributed by atoms with Crippen LogP contribution in [0.1, 0.15) is 20.3 Å². The van der Waals surface area contributed by atoms with E-state index in [1.807, 2.05) is 13.8 Å². The Balaban J connectivity index is 0.000000207. The van der Waals surface area contributed by atoms with Crippen LogP contribution in [-0.2, 0) is 8.85 Å². The highest BCUT2D eigenvalue weighted by molar-refractivity contribution is 6.17. The van der Waals surface area contributed by atoms with Gasteiger partial charge in [0.2, 0.25) is 0 Å². The van der Waals surface area contributed by atoms with Crippen molar-refractivity contribution in [3.63, 3.8) is 0 Å². The fourth-order valence-electron chi connectivity index (χ4n) is 0.402. The van der Waals surface area contributed by atoms with Crippen molar-refractivity contribution in [3.05, 3.63) is 0 Å². The predicted octanol–water partition coefficient (Wildman–Crippen LogP) is 0.0379. The molecule has 0 aliphatic carbocycles. The second-order valence-electron chi connectivity index (χ2n) is 2.21. The van der Waals surface area contributed by atoms with Gasteiger partial charge in [0.25, 0.3) is 0 Å². The van der Waals surface area contributed by atoms with Crippen LogP contribution in [0.3, 0.4) is 0 Å². The maximum absolute atomic E-state index is 4.99. The van der Waals surface area contributed by atoms with E-state index in [0.29, 0.717) is 0 Å². The molecule has 0 bridgehead atoms. The van der Waals surface area contributed by atoms with Gasteiger partial charge in [-0.15, -0.1) is 0 Å². The molecule has 0 unspecified atom stereocenters. The molecular weight excluding hydrogens is 158 g/mol. The minimum atomic E-state index is -0.589. The van der Waals surface area contributed by atoms with E-state index in [0.717, 1.165) is 13.2 Å². The second kappa shape index (κ2) is 10.1. The maximum atomic E-state index is 4.99. The van der Waals surface area contributed by atoms with E-state index in [2.05, 4.69) is 5.32 Å². The molecule has 1 aliphatic heterocycles. The lowest BCUT2D eigenvalue weighted by molar-refractivity contribution is 0.240. The first-order valence-corrected chi connectivity index (χ1v) is 5.43. The van der Waals surface area contributed by atoms with E-state index >= 15 is 0 Å². The zero-order chi connectivity index (χ0) is 8.36. The van der Waals surface area contributed by atoms with Crippen LogP contribution in [-0.4, -0.2) is 36.3 Å². The topological polar surface area (TPSA) is 30.5 Å². The van der Waals surface area contributed by atoms with Gasteiger partial charge in [0, 0.05) is 13.2 Å². The Morgan fingerprint density at radius 3 is 1.73 bits per heavy atom. The monoisotopic (exact) mass is 177 g/mol. The lowest BCUT2D eigenvalue weighted by Crippen LogP contribution is -2.29. The molecule has 1 rings (SSSR count). The van der Waals surface area contributed by atoms with Gasteiger partial charge in [-0.1, -0.05) is 0 Å². The summed E-state index contributed by atoms with van der Waals surface area (Å²) in [5, 5.41) is 3.11. The molecule has 0 aromatic rings. The Labute approximate surface area is 71.5 Å². The van der Waals surface area contributed by atoms with Crippen LogP contribution >= 0.6 is 0 Å². The van der Waals surface area contributed by atoms with Crippen LogP contribution in [0, 0.1) is 0 Å². The van der Waals surface area contributed by atoms with Crippen molar-refractivity contribution in [2.24, 2.45) is 0 Å². The average molecular weight is 177 g/mol. The van der Waals surface area contributed by atoms with Crippen molar-refractivity contribution >= 4 is 10.0 Å². The van der Waals surface area contributed by atoms with Crippen molar-refractivity contribution in [1.29, 1.82) is 0 Å². The van der Waals surface area contributed by atoms with Crippen molar-refractivity contribution in [3.8, 4) is 0 Å². The normalized spacial score (nSPS) is 14.7. The van der Waals surface area contributed by atoms with Crippen LogP contribution in [0.25, 0.3) is 0 Å². The lowest BCUT2D eigenvalue weighted by Gasteiger charge is -2.09. The highest BCUT2D eigenvalue weighted by atomic mass is 28.3. The van der Waals surface area contributed by atoms with Gasteiger partial charge in [-0.2, -0.15) is 0 Å². The van der Waals surface area contributed by atoms with Crippen molar-refractivity contribution in [2.45, 2.75) is 20.3 Å². The Morgan fingerprint density at radius 2 is 1.55 bits per heavy atom. The first-order chi connectivity index (χ1) is 5.41. The summed E-state index contributed by atoms with van der Waals surface area (Å²) in [6.45, 7) is 8.05. The molecule has 3 nitrogen and oxygen atoms in total. The summed E-state index contributed by atoms with van der Waals surface area (Å²) in [6, 6.07) is 0. The average Bonchev–Trinajstić information content (AvgIpc) is 1.85. The van der Waals surface area contributed by atoms with Crippen LogP contribution in [0.2, 0.25) is 0 Å². The number of rotatable bonds is 4. The third-order valence-corrected chi connectivity index (χ3v) is 2.43. The Kier molecular flexibility index (Phi) is 10.2. The molecule has 0 aromatic heterocycles. The quantitative estimate of drug-likeness (QED) is 0.486.